The zero-order chi connectivity index (χ0) is 23.3. The third-order valence-electron chi connectivity index (χ3n) is 4.92. The molecule has 6 nitrogen and oxygen atoms in total. The Morgan fingerprint density at radius 1 is 1.03 bits per heavy atom. The van der Waals surface area contributed by atoms with Crippen molar-refractivity contribution in [3.63, 3.8) is 0 Å². The number of rotatable bonds is 7. The predicted octanol–water partition coefficient (Wildman–Crippen LogP) is 4.79. The van der Waals surface area contributed by atoms with E-state index in [2.05, 4.69) is 10.0 Å². The fraction of sp³-hybridized carbons (Fsp3) is 0.0800. The first-order valence-corrected chi connectivity index (χ1v) is 12.0. The number of sulfonamides is 1. The number of fused-ring (bicyclic) bond motifs is 1. The van der Waals surface area contributed by atoms with Gasteiger partial charge < -0.3 is 10.1 Å². The highest BCUT2D eigenvalue weighted by molar-refractivity contribution is 7.92. The van der Waals surface area contributed by atoms with E-state index in [-0.39, 0.29) is 17.3 Å². The standard InChI is InChI=1S/C25H21ClN2O4S/c26-21-11-12-24-20(15-21)14-18(17-32-24)10-13-25(29)27-16-19-6-4-5-9-23(19)28-33(30,31)22-7-2-1-3-8-22/h1-15,28H,16-17H2,(H,27,29). The molecule has 0 spiro atoms. The molecule has 1 heterocycles. The summed E-state index contributed by atoms with van der Waals surface area (Å²) in [5, 5.41) is 3.39. The van der Waals surface area contributed by atoms with Crippen molar-refractivity contribution in [2.45, 2.75) is 11.4 Å². The van der Waals surface area contributed by atoms with Crippen LogP contribution in [-0.4, -0.2) is 20.9 Å². The summed E-state index contributed by atoms with van der Waals surface area (Å²) in [5.74, 6) is 0.434. The van der Waals surface area contributed by atoms with Gasteiger partial charge in [0.25, 0.3) is 10.0 Å². The van der Waals surface area contributed by atoms with E-state index in [9.17, 15) is 13.2 Å². The smallest absolute Gasteiger partial charge is 0.261 e. The van der Waals surface area contributed by atoms with Gasteiger partial charge in [-0.3, -0.25) is 9.52 Å². The Balaban J connectivity index is 1.40. The van der Waals surface area contributed by atoms with Gasteiger partial charge in [0.2, 0.25) is 5.91 Å². The van der Waals surface area contributed by atoms with Crippen molar-refractivity contribution in [1.82, 2.24) is 5.32 Å². The van der Waals surface area contributed by atoms with Gasteiger partial charge in [0.05, 0.1) is 10.6 Å². The molecule has 3 aromatic rings. The number of hydrogen-bond donors (Lipinski definition) is 2. The van der Waals surface area contributed by atoms with Gasteiger partial charge >= 0.3 is 0 Å². The molecule has 0 radical (unpaired) electrons. The van der Waals surface area contributed by atoms with Gasteiger partial charge in [0, 0.05) is 23.2 Å². The largest absolute Gasteiger partial charge is 0.488 e. The topological polar surface area (TPSA) is 84.5 Å². The minimum absolute atomic E-state index is 0.157. The highest BCUT2D eigenvalue weighted by Gasteiger charge is 2.15. The first-order chi connectivity index (χ1) is 15.9. The van der Waals surface area contributed by atoms with E-state index in [1.54, 1.807) is 60.7 Å². The summed E-state index contributed by atoms with van der Waals surface area (Å²) in [5.41, 5.74) is 2.73. The molecule has 3 aromatic carbocycles. The van der Waals surface area contributed by atoms with Gasteiger partial charge in [-0.2, -0.15) is 0 Å². The quantitative estimate of drug-likeness (QED) is 0.476. The average Bonchev–Trinajstić information content (AvgIpc) is 2.82. The minimum atomic E-state index is -3.73. The van der Waals surface area contributed by atoms with E-state index in [1.807, 2.05) is 12.1 Å². The lowest BCUT2D eigenvalue weighted by atomic mass is 10.1. The second-order valence-corrected chi connectivity index (χ2v) is 9.44. The zero-order valence-electron chi connectivity index (χ0n) is 17.5. The summed E-state index contributed by atoms with van der Waals surface area (Å²) < 4.78 is 33.6. The molecule has 0 bridgehead atoms. The van der Waals surface area contributed by atoms with Gasteiger partial charge in [-0.1, -0.05) is 54.1 Å². The van der Waals surface area contributed by atoms with Gasteiger partial charge in [-0.25, -0.2) is 8.42 Å². The summed E-state index contributed by atoms with van der Waals surface area (Å²) in [7, 11) is -3.73. The molecule has 1 aliphatic heterocycles. The number of benzene rings is 3. The molecule has 0 atom stereocenters. The lowest BCUT2D eigenvalue weighted by Gasteiger charge is -2.16. The molecule has 0 aromatic heterocycles. The molecule has 0 aliphatic carbocycles. The lowest BCUT2D eigenvalue weighted by Crippen LogP contribution is -2.22. The SMILES string of the molecule is O=C(C=CC1=Cc2cc(Cl)ccc2OC1)NCc1ccccc1NS(=O)(=O)c1ccccc1. The summed E-state index contributed by atoms with van der Waals surface area (Å²) >= 11 is 6.03. The Bertz CT molecular complexity index is 1340. The molecular weight excluding hydrogens is 460 g/mol. The van der Waals surface area contributed by atoms with Crippen molar-refractivity contribution < 1.29 is 17.9 Å². The highest BCUT2D eigenvalue weighted by atomic mass is 35.5. The van der Waals surface area contributed by atoms with Gasteiger partial charge in [0.15, 0.2) is 0 Å². The third kappa shape index (κ3) is 5.83. The van der Waals surface area contributed by atoms with E-state index in [0.29, 0.717) is 22.9 Å². The van der Waals surface area contributed by atoms with Crippen LogP contribution in [0.1, 0.15) is 11.1 Å². The predicted molar refractivity (Wildman–Crippen MR) is 130 cm³/mol. The Labute approximate surface area is 197 Å². The van der Waals surface area contributed by atoms with Gasteiger partial charge in [0.1, 0.15) is 12.4 Å². The summed E-state index contributed by atoms with van der Waals surface area (Å²) in [6, 6.07) is 20.4. The van der Waals surface area contributed by atoms with Crippen LogP contribution in [0, 0.1) is 0 Å². The number of hydrogen-bond acceptors (Lipinski definition) is 4. The van der Waals surface area contributed by atoms with Crippen molar-refractivity contribution in [1.29, 1.82) is 0 Å². The van der Waals surface area contributed by atoms with Crippen LogP contribution in [0.5, 0.6) is 5.75 Å². The van der Waals surface area contributed by atoms with Crippen LogP contribution in [-0.2, 0) is 21.4 Å². The molecule has 0 saturated heterocycles. The molecule has 1 amide bonds. The second kappa shape index (κ2) is 9.94. The maximum absolute atomic E-state index is 12.6. The molecule has 0 unspecified atom stereocenters. The van der Waals surface area contributed by atoms with Crippen LogP contribution >= 0.6 is 11.6 Å². The number of anilines is 1. The molecule has 33 heavy (non-hydrogen) atoms. The first kappa shape index (κ1) is 22.6. The van der Waals surface area contributed by atoms with Crippen LogP contribution in [0.3, 0.4) is 0 Å². The molecular formula is C25H21ClN2O4S. The van der Waals surface area contributed by atoms with Crippen molar-refractivity contribution in [2.24, 2.45) is 0 Å². The van der Waals surface area contributed by atoms with Crippen LogP contribution in [0.25, 0.3) is 6.08 Å². The number of ether oxygens (including phenoxy) is 1. The van der Waals surface area contributed by atoms with Crippen molar-refractivity contribution in [3.05, 3.63) is 107 Å². The summed E-state index contributed by atoms with van der Waals surface area (Å²) in [6.07, 6.45) is 5.02. The maximum atomic E-state index is 12.6. The fourth-order valence-electron chi connectivity index (χ4n) is 3.26. The van der Waals surface area contributed by atoms with Gasteiger partial charge in [-0.15, -0.1) is 0 Å². The fourth-order valence-corrected chi connectivity index (χ4v) is 4.57. The Morgan fingerprint density at radius 3 is 2.61 bits per heavy atom. The van der Waals surface area contributed by atoms with E-state index in [0.717, 1.165) is 16.9 Å². The number of nitrogens with one attached hydrogen (secondary N) is 2. The van der Waals surface area contributed by atoms with Crippen molar-refractivity contribution in [3.8, 4) is 5.75 Å². The van der Waals surface area contributed by atoms with Crippen LogP contribution in [0.2, 0.25) is 5.02 Å². The molecule has 4 rings (SSSR count). The number of halogens is 1. The number of carbonyl (C=O) groups excluding carboxylic acids is 1. The number of para-hydroxylation sites is 1. The molecule has 2 N–H and O–H groups in total. The zero-order valence-corrected chi connectivity index (χ0v) is 19.1. The Kier molecular flexibility index (Phi) is 6.82. The van der Waals surface area contributed by atoms with Crippen LogP contribution in [0.4, 0.5) is 5.69 Å². The lowest BCUT2D eigenvalue weighted by molar-refractivity contribution is -0.116. The van der Waals surface area contributed by atoms with E-state index in [4.69, 9.17) is 16.3 Å². The summed E-state index contributed by atoms with van der Waals surface area (Å²) in [6.45, 7) is 0.507. The highest BCUT2D eigenvalue weighted by Crippen LogP contribution is 2.29. The maximum Gasteiger partial charge on any atom is 0.261 e. The number of carbonyl (C=O) groups is 1. The molecule has 0 fully saturated rings. The minimum Gasteiger partial charge on any atom is -0.488 e. The molecule has 0 saturated carbocycles. The normalized spacial score (nSPS) is 13.1. The van der Waals surface area contributed by atoms with Crippen LogP contribution in [0.15, 0.2) is 95.4 Å². The third-order valence-corrected chi connectivity index (χ3v) is 6.54. The first-order valence-electron chi connectivity index (χ1n) is 10.2. The second-order valence-electron chi connectivity index (χ2n) is 7.32. The average molecular weight is 481 g/mol. The molecule has 168 valence electrons. The van der Waals surface area contributed by atoms with Crippen molar-refractivity contribution >= 4 is 39.3 Å². The van der Waals surface area contributed by atoms with E-state index in [1.165, 1.54) is 18.2 Å². The van der Waals surface area contributed by atoms with Crippen molar-refractivity contribution in [2.75, 3.05) is 11.3 Å². The molecule has 1 aliphatic rings. The Hall–Kier alpha value is -3.55. The van der Waals surface area contributed by atoms with Gasteiger partial charge in [-0.05, 0) is 53.6 Å². The number of amides is 1. The van der Waals surface area contributed by atoms with E-state index < -0.39 is 10.0 Å². The molecule has 8 heteroatoms. The monoisotopic (exact) mass is 480 g/mol. The van der Waals surface area contributed by atoms with Crippen LogP contribution < -0.4 is 14.8 Å². The summed E-state index contributed by atoms with van der Waals surface area (Å²) in [4.78, 5) is 12.5. The Morgan fingerprint density at radius 2 is 1.79 bits per heavy atom. The van der Waals surface area contributed by atoms with E-state index >= 15 is 0 Å².